The van der Waals surface area contributed by atoms with Crippen molar-refractivity contribution >= 4 is 23.3 Å². The first-order valence-corrected chi connectivity index (χ1v) is 8.77. The summed E-state index contributed by atoms with van der Waals surface area (Å²) in [6, 6.07) is 8.22. The Balaban J connectivity index is 1.70. The number of ether oxygens (including phenoxy) is 2. The van der Waals surface area contributed by atoms with Crippen LogP contribution in [0.2, 0.25) is 0 Å². The number of amides is 1. The number of hydrogen-bond acceptors (Lipinski definition) is 9. The van der Waals surface area contributed by atoms with E-state index in [2.05, 4.69) is 15.5 Å². The SMILES string of the molecule is COc1cc(OCC(O)CO)ccc1C(=O)Nc1nnc(-c2cccs2)o1. The predicted molar refractivity (Wildman–Crippen MR) is 97.1 cm³/mol. The fourth-order valence-electron chi connectivity index (χ4n) is 2.13. The van der Waals surface area contributed by atoms with Crippen LogP contribution in [-0.2, 0) is 0 Å². The van der Waals surface area contributed by atoms with Crippen molar-refractivity contribution < 1.29 is 28.9 Å². The molecule has 0 bridgehead atoms. The van der Waals surface area contributed by atoms with Crippen LogP contribution >= 0.6 is 11.3 Å². The van der Waals surface area contributed by atoms with Crippen LogP contribution in [0.15, 0.2) is 40.1 Å². The number of nitrogens with zero attached hydrogens (tertiary/aromatic N) is 2. The average Bonchev–Trinajstić information content (AvgIpc) is 3.37. The van der Waals surface area contributed by atoms with Crippen molar-refractivity contribution in [3.8, 4) is 22.3 Å². The molecule has 142 valence electrons. The van der Waals surface area contributed by atoms with Gasteiger partial charge in [0, 0.05) is 6.07 Å². The number of carbonyl (C=O) groups excluding carboxylic acids is 1. The number of benzene rings is 1. The van der Waals surface area contributed by atoms with Gasteiger partial charge in [0.15, 0.2) is 0 Å². The van der Waals surface area contributed by atoms with Gasteiger partial charge in [-0.3, -0.25) is 10.1 Å². The molecule has 0 saturated heterocycles. The molecular formula is C17H17N3O6S. The molecule has 0 radical (unpaired) electrons. The Kier molecular flexibility index (Phi) is 6.01. The zero-order valence-corrected chi connectivity index (χ0v) is 15.1. The summed E-state index contributed by atoms with van der Waals surface area (Å²) in [7, 11) is 1.42. The molecule has 27 heavy (non-hydrogen) atoms. The maximum Gasteiger partial charge on any atom is 0.322 e. The van der Waals surface area contributed by atoms with Gasteiger partial charge >= 0.3 is 6.01 Å². The molecule has 0 aliphatic heterocycles. The number of hydrogen-bond donors (Lipinski definition) is 3. The van der Waals surface area contributed by atoms with Crippen molar-refractivity contribution in [1.82, 2.24) is 10.2 Å². The molecule has 0 fully saturated rings. The summed E-state index contributed by atoms with van der Waals surface area (Å²) >= 11 is 1.44. The highest BCUT2D eigenvalue weighted by Crippen LogP contribution is 2.27. The second-order valence-corrected chi connectivity index (χ2v) is 6.30. The Morgan fingerprint density at radius 3 is 2.93 bits per heavy atom. The fraction of sp³-hybridized carbons (Fsp3) is 0.235. The number of nitrogens with one attached hydrogen (secondary N) is 1. The molecule has 0 aliphatic rings. The minimum absolute atomic E-state index is 0.0307. The molecule has 0 spiro atoms. The number of aliphatic hydroxyl groups excluding tert-OH is 2. The number of anilines is 1. The van der Waals surface area contributed by atoms with E-state index in [1.54, 1.807) is 6.07 Å². The summed E-state index contributed by atoms with van der Waals surface area (Å²) in [5, 5.41) is 30.2. The number of thiophene rings is 1. The Hall–Kier alpha value is -2.95. The van der Waals surface area contributed by atoms with Gasteiger partial charge in [-0.2, -0.15) is 0 Å². The van der Waals surface area contributed by atoms with E-state index in [4.69, 9.17) is 19.0 Å². The second kappa shape index (κ2) is 8.62. The molecular weight excluding hydrogens is 374 g/mol. The monoisotopic (exact) mass is 391 g/mol. The zero-order valence-electron chi connectivity index (χ0n) is 14.3. The Bertz CT molecular complexity index is 896. The lowest BCUT2D eigenvalue weighted by molar-refractivity contribution is 0.0535. The summed E-state index contributed by atoms with van der Waals surface area (Å²) in [5.41, 5.74) is 0.239. The number of rotatable bonds is 8. The van der Waals surface area contributed by atoms with Crippen molar-refractivity contribution in [3.05, 3.63) is 41.3 Å². The van der Waals surface area contributed by atoms with E-state index in [-0.39, 0.29) is 23.9 Å². The van der Waals surface area contributed by atoms with Gasteiger partial charge in [-0.25, -0.2) is 0 Å². The molecule has 1 atom stereocenters. The van der Waals surface area contributed by atoms with Gasteiger partial charge in [0.2, 0.25) is 0 Å². The topological polar surface area (TPSA) is 127 Å². The van der Waals surface area contributed by atoms with Crippen molar-refractivity contribution in [1.29, 1.82) is 0 Å². The molecule has 10 heteroatoms. The molecule has 0 saturated carbocycles. The third kappa shape index (κ3) is 4.61. The molecule has 1 aromatic carbocycles. The zero-order chi connectivity index (χ0) is 19.2. The van der Waals surface area contributed by atoms with Crippen LogP contribution in [0.1, 0.15) is 10.4 Å². The Morgan fingerprint density at radius 2 is 2.22 bits per heavy atom. The van der Waals surface area contributed by atoms with Gasteiger partial charge in [0.05, 0.1) is 24.2 Å². The van der Waals surface area contributed by atoms with E-state index >= 15 is 0 Å². The first-order chi connectivity index (χ1) is 13.1. The lowest BCUT2D eigenvalue weighted by atomic mass is 10.2. The van der Waals surface area contributed by atoms with Crippen LogP contribution in [0.3, 0.4) is 0 Å². The van der Waals surface area contributed by atoms with Gasteiger partial charge in [-0.05, 0) is 23.6 Å². The summed E-state index contributed by atoms with van der Waals surface area (Å²) in [5.74, 6) is 0.476. The molecule has 3 rings (SSSR count). The summed E-state index contributed by atoms with van der Waals surface area (Å²) in [4.78, 5) is 13.3. The van der Waals surface area contributed by atoms with Crippen LogP contribution in [-0.4, -0.2) is 52.7 Å². The third-order valence-corrected chi connectivity index (χ3v) is 4.31. The van der Waals surface area contributed by atoms with Crippen LogP contribution in [0.25, 0.3) is 10.8 Å². The number of aliphatic hydroxyl groups is 2. The highest BCUT2D eigenvalue weighted by atomic mass is 32.1. The minimum Gasteiger partial charge on any atom is -0.496 e. The van der Waals surface area contributed by atoms with E-state index in [9.17, 15) is 9.90 Å². The van der Waals surface area contributed by atoms with Crippen LogP contribution in [0.4, 0.5) is 6.01 Å². The Morgan fingerprint density at radius 1 is 1.37 bits per heavy atom. The first kappa shape index (κ1) is 18.8. The lowest BCUT2D eigenvalue weighted by Crippen LogP contribution is -2.21. The van der Waals surface area contributed by atoms with Crippen LogP contribution in [0, 0.1) is 0 Å². The standard InChI is InChI=1S/C17H17N3O6S/c1-24-13-7-11(25-9-10(22)8-21)4-5-12(13)15(23)18-17-20-19-16(26-17)14-3-2-6-27-14/h2-7,10,21-22H,8-9H2,1H3,(H,18,20,23). The predicted octanol–water partition coefficient (Wildman–Crippen LogP) is 1.79. The average molecular weight is 391 g/mol. The summed E-state index contributed by atoms with van der Waals surface area (Å²) in [6.07, 6.45) is -0.992. The number of carbonyl (C=O) groups is 1. The molecule has 1 unspecified atom stereocenters. The Labute approximate surface area is 158 Å². The molecule has 2 aromatic heterocycles. The van der Waals surface area contributed by atoms with E-state index in [0.717, 1.165) is 4.88 Å². The lowest BCUT2D eigenvalue weighted by Gasteiger charge is -2.12. The highest BCUT2D eigenvalue weighted by molar-refractivity contribution is 7.13. The maximum absolute atomic E-state index is 12.5. The van der Waals surface area contributed by atoms with E-state index in [1.807, 2.05) is 17.5 Å². The van der Waals surface area contributed by atoms with E-state index < -0.39 is 18.6 Å². The molecule has 3 aromatic rings. The molecule has 0 aliphatic carbocycles. The van der Waals surface area contributed by atoms with Gasteiger partial charge < -0.3 is 24.1 Å². The molecule has 9 nitrogen and oxygen atoms in total. The minimum atomic E-state index is -0.992. The normalized spacial score (nSPS) is 11.8. The first-order valence-electron chi connectivity index (χ1n) is 7.89. The summed E-state index contributed by atoms with van der Waals surface area (Å²) < 4.78 is 16.0. The largest absolute Gasteiger partial charge is 0.496 e. The van der Waals surface area contributed by atoms with Crippen molar-refractivity contribution in [2.75, 3.05) is 25.6 Å². The second-order valence-electron chi connectivity index (χ2n) is 5.35. The quantitative estimate of drug-likeness (QED) is 0.530. The van der Waals surface area contributed by atoms with Crippen molar-refractivity contribution in [3.63, 3.8) is 0 Å². The van der Waals surface area contributed by atoms with Gasteiger partial charge in [-0.15, -0.1) is 16.4 Å². The van der Waals surface area contributed by atoms with Crippen molar-refractivity contribution in [2.24, 2.45) is 0 Å². The fourth-order valence-corrected chi connectivity index (χ4v) is 2.78. The van der Waals surface area contributed by atoms with Gasteiger partial charge in [-0.1, -0.05) is 11.2 Å². The van der Waals surface area contributed by atoms with Crippen molar-refractivity contribution in [2.45, 2.75) is 6.10 Å². The number of methoxy groups -OCH3 is 1. The number of aromatic nitrogens is 2. The molecule has 2 heterocycles. The van der Waals surface area contributed by atoms with Gasteiger partial charge in [0.25, 0.3) is 11.8 Å². The maximum atomic E-state index is 12.5. The third-order valence-electron chi connectivity index (χ3n) is 3.45. The van der Waals surface area contributed by atoms with Gasteiger partial charge in [0.1, 0.15) is 24.2 Å². The molecule has 3 N–H and O–H groups in total. The summed E-state index contributed by atoms with van der Waals surface area (Å²) in [6.45, 7) is -0.492. The highest BCUT2D eigenvalue weighted by Gasteiger charge is 2.17. The smallest absolute Gasteiger partial charge is 0.322 e. The van der Waals surface area contributed by atoms with Crippen LogP contribution in [0.5, 0.6) is 11.5 Å². The molecule has 1 amide bonds. The van der Waals surface area contributed by atoms with E-state index in [1.165, 1.54) is 30.6 Å². The van der Waals surface area contributed by atoms with E-state index in [0.29, 0.717) is 11.6 Å². The van der Waals surface area contributed by atoms with Crippen LogP contribution < -0.4 is 14.8 Å².